The molecule has 0 amide bonds. The number of rotatable bonds is 9. The Kier molecular flexibility index (Phi) is 9.49. The molecule has 0 N–H and O–H groups in total. The van der Waals surface area contributed by atoms with Crippen LogP contribution in [0.1, 0.15) is 92.9 Å². The third-order valence-electron chi connectivity index (χ3n) is 3.57. The Morgan fingerprint density at radius 2 is 1.11 bits per heavy atom. The fourth-order valence-electron chi connectivity index (χ4n) is 3.08. The average Bonchev–Trinajstić information content (AvgIpc) is 2.18. The minimum atomic E-state index is 0.474. The van der Waals surface area contributed by atoms with Crippen LogP contribution in [0, 0.1) is 16.7 Å². The second kappa shape index (κ2) is 9.32. The minimum Gasteiger partial charge on any atom is -0.179 e. The van der Waals surface area contributed by atoms with Crippen LogP contribution in [0.25, 0.3) is 0 Å². The Balaban J connectivity index is 3.99. The summed E-state index contributed by atoms with van der Waals surface area (Å²) in [6.45, 7) is 14.3. The first-order chi connectivity index (χ1) is 8.64. The smallest absolute Gasteiger partial charge is 0.00979 e. The molecular weight excluding hydrogens is 248 g/mol. The second-order valence-electron chi connectivity index (χ2n) is 8.68. The minimum absolute atomic E-state index is 0.474. The highest BCUT2D eigenvalue weighted by Gasteiger charge is 2.23. The normalized spacial score (nSPS) is 13.3. The van der Waals surface area contributed by atoms with Crippen molar-refractivity contribution in [3.8, 4) is 0 Å². The Morgan fingerprint density at radius 1 is 0.684 bits per heavy atom. The molecule has 0 rings (SSSR count). The fourth-order valence-corrected chi connectivity index (χ4v) is 3.31. The van der Waals surface area contributed by atoms with Gasteiger partial charge in [0.05, 0.1) is 0 Å². The fraction of sp³-hybridized carbons (Fsp3) is 1.00. The summed E-state index contributed by atoms with van der Waals surface area (Å²) < 4.78 is 0. The highest BCUT2D eigenvalue weighted by molar-refractivity contribution is 7.80. The van der Waals surface area contributed by atoms with Crippen LogP contribution in [0.3, 0.4) is 0 Å². The Morgan fingerprint density at radius 3 is 1.53 bits per heavy atom. The lowest BCUT2D eigenvalue weighted by Crippen LogP contribution is -2.19. The van der Waals surface area contributed by atoms with E-state index in [-0.39, 0.29) is 0 Å². The van der Waals surface area contributed by atoms with Gasteiger partial charge >= 0.3 is 0 Å². The van der Waals surface area contributed by atoms with Crippen molar-refractivity contribution >= 4 is 12.6 Å². The van der Waals surface area contributed by atoms with Gasteiger partial charge in [0, 0.05) is 0 Å². The van der Waals surface area contributed by atoms with Gasteiger partial charge < -0.3 is 0 Å². The highest BCUT2D eigenvalue weighted by Crippen LogP contribution is 2.35. The van der Waals surface area contributed by atoms with E-state index in [0.717, 1.165) is 11.7 Å². The molecule has 1 heteroatoms. The van der Waals surface area contributed by atoms with Crippen molar-refractivity contribution < 1.29 is 0 Å². The summed E-state index contributed by atoms with van der Waals surface area (Å²) in [5.41, 5.74) is 0.948. The molecule has 0 spiro atoms. The third-order valence-corrected chi connectivity index (χ3v) is 3.89. The molecule has 0 saturated carbocycles. The van der Waals surface area contributed by atoms with Gasteiger partial charge in [-0.25, -0.2) is 0 Å². The molecule has 116 valence electrons. The van der Waals surface area contributed by atoms with Crippen LogP contribution in [-0.4, -0.2) is 5.75 Å². The molecule has 0 atom stereocenters. The maximum atomic E-state index is 4.27. The molecule has 0 aliphatic carbocycles. The lowest BCUT2D eigenvalue weighted by Gasteiger charge is -2.31. The van der Waals surface area contributed by atoms with Gasteiger partial charge in [0.1, 0.15) is 0 Å². The maximum Gasteiger partial charge on any atom is -0.00979 e. The molecule has 0 aromatic carbocycles. The number of hydrogen-bond donors (Lipinski definition) is 1. The number of hydrogen-bond acceptors (Lipinski definition) is 1. The zero-order valence-electron chi connectivity index (χ0n) is 14.4. The van der Waals surface area contributed by atoms with E-state index in [1.807, 2.05) is 0 Å². The Labute approximate surface area is 128 Å². The number of unbranched alkanes of at least 4 members (excludes halogenated alkanes) is 4. The van der Waals surface area contributed by atoms with Gasteiger partial charge in [-0.05, 0) is 41.8 Å². The van der Waals surface area contributed by atoms with E-state index in [2.05, 4.69) is 54.2 Å². The van der Waals surface area contributed by atoms with Crippen LogP contribution in [0.4, 0.5) is 0 Å². The van der Waals surface area contributed by atoms with Gasteiger partial charge in [0.25, 0.3) is 0 Å². The van der Waals surface area contributed by atoms with E-state index >= 15 is 0 Å². The molecule has 0 aliphatic rings. The average molecular weight is 287 g/mol. The summed E-state index contributed by atoms with van der Waals surface area (Å²) in [4.78, 5) is 0. The summed E-state index contributed by atoms with van der Waals surface area (Å²) in [6.07, 6.45) is 11.1. The molecule has 0 bridgehead atoms. The highest BCUT2D eigenvalue weighted by atomic mass is 32.1. The summed E-state index contributed by atoms with van der Waals surface area (Å²) >= 11 is 4.27. The Bertz CT molecular complexity index is 191. The molecule has 0 nitrogen and oxygen atoms in total. The van der Waals surface area contributed by atoms with Crippen LogP contribution < -0.4 is 0 Å². The predicted molar refractivity (Wildman–Crippen MR) is 93.2 cm³/mol. The molecule has 0 aromatic heterocycles. The van der Waals surface area contributed by atoms with Crippen LogP contribution in [0.5, 0.6) is 0 Å². The zero-order valence-corrected chi connectivity index (χ0v) is 15.3. The largest absolute Gasteiger partial charge is 0.179 e. The predicted octanol–water partition coefficient (Wildman–Crippen LogP) is 6.75. The maximum absolute atomic E-state index is 4.27. The second-order valence-corrected chi connectivity index (χ2v) is 9.12. The molecule has 0 aliphatic heterocycles. The van der Waals surface area contributed by atoms with Gasteiger partial charge in [-0.1, -0.05) is 73.6 Å². The monoisotopic (exact) mass is 286 g/mol. The van der Waals surface area contributed by atoms with Gasteiger partial charge in [0.2, 0.25) is 0 Å². The van der Waals surface area contributed by atoms with Crippen molar-refractivity contribution in [1.29, 1.82) is 0 Å². The van der Waals surface area contributed by atoms with Crippen molar-refractivity contribution in [1.82, 2.24) is 0 Å². The molecule has 0 radical (unpaired) electrons. The van der Waals surface area contributed by atoms with Crippen LogP contribution in [-0.2, 0) is 0 Å². The standard InChI is InChI=1S/C18H38S/c1-17(2,3)14-16(15-18(4,5)6)12-10-8-7-9-11-13-19/h16,19H,7-15H2,1-6H3. The summed E-state index contributed by atoms with van der Waals surface area (Å²) in [7, 11) is 0. The van der Waals surface area contributed by atoms with Crippen molar-refractivity contribution in [2.75, 3.05) is 5.75 Å². The first-order valence-corrected chi connectivity index (χ1v) is 8.88. The molecule has 0 saturated heterocycles. The SMILES string of the molecule is CC(C)(C)CC(CCCCCCCS)CC(C)(C)C. The van der Waals surface area contributed by atoms with Crippen LogP contribution in [0.2, 0.25) is 0 Å². The van der Waals surface area contributed by atoms with E-state index < -0.39 is 0 Å². The van der Waals surface area contributed by atoms with Gasteiger partial charge in [0.15, 0.2) is 0 Å². The van der Waals surface area contributed by atoms with Gasteiger partial charge in [-0.3, -0.25) is 0 Å². The molecular formula is C18H38S. The van der Waals surface area contributed by atoms with Crippen molar-refractivity contribution in [2.45, 2.75) is 92.9 Å². The summed E-state index contributed by atoms with van der Waals surface area (Å²) in [6, 6.07) is 0. The van der Waals surface area contributed by atoms with Gasteiger partial charge in [-0.15, -0.1) is 0 Å². The van der Waals surface area contributed by atoms with Crippen molar-refractivity contribution in [2.24, 2.45) is 16.7 Å². The molecule has 19 heavy (non-hydrogen) atoms. The molecule has 0 heterocycles. The van der Waals surface area contributed by atoms with E-state index in [1.54, 1.807) is 0 Å². The topological polar surface area (TPSA) is 0 Å². The number of thiol groups is 1. The van der Waals surface area contributed by atoms with Gasteiger partial charge in [-0.2, -0.15) is 12.6 Å². The van der Waals surface area contributed by atoms with E-state index in [1.165, 1.54) is 51.4 Å². The lowest BCUT2D eigenvalue weighted by atomic mass is 9.75. The van der Waals surface area contributed by atoms with E-state index in [9.17, 15) is 0 Å². The van der Waals surface area contributed by atoms with Crippen molar-refractivity contribution in [3.05, 3.63) is 0 Å². The molecule has 0 unspecified atom stereocenters. The molecule has 0 fully saturated rings. The Hall–Kier alpha value is 0.350. The van der Waals surface area contributed by atoms with Crippen molar-refractivity contribution in [3.63, 3.8) is 0 Å². The van der Waals surface area contributed by atoms with E-state index in [0.29, 0.717) is 10.8 Å². The summed E-state index contributed by atoms with van der Waals surface area (Å²) in [5.74, 6) is 1.96. The zero-order chi connectivity index (χ0) is 14.9. The molecule has 0 aromatic rings. The third kappa shape index (κ3) is 14.6. The lowest BCUT2D eigenvalue weighted by molar-refractivity contribution is 0.206. The van der Waals surface area contributed by atoms with E-state index in [4.69, 9.17) is 0 Å². The quantitative estimate of drug-likeness (QED) is 0.352. The van der Waals surface area contributed by atoms with Crippen LogP contribution >= 0.6 is 12.6 Å². The summed E-state index contributed by atoms with van der Waals surface area (Å²) in [5, 5.41) is 0. The van der Waals surface area contributed by atoms with Crippen LogP contribution in [0.15, 0.2) is 0 Å². The first kappa shape index (κ1) is 19.4. The first-order valence-electron chi connectivity index (χ1n) is 8.25.